The molecule has 2 atom stereocenters. The second kappa shape index (κ2) is 6.55. The van der Waals surface area contributed by atoms with Crippen molar-refractivity contribution >= 4 is 5.91 Å². The Hall–Kier alpha value is -1.35. The lowest BCUT2D eigenvalue weighted by Gasteiger charge is -2.25. The topological polar surface area (TPSA) is 41.1 Å². The Morgan fingerprint density at radius 1 is 1.39 bits per heavy atom. The quantitative estimate of drug-likeness (QED) is 0.856. The summed E-state index contributed by atoms with van der Waals surface area (Å²) in [6.07, 6.45) is 4.20. The van der Waals surface area contributed by atoms with Crippen molar-refractivity contribution in [2.45, 2.75) is 44.7 Å². The van der Waals surface area contributed by atoms with Gasteiger partial charge in [0.25, 0.3) is 0 Å². The molecule has 2 rings (SSSR count). The summed E-state index contributed by atoms with van der Waals surface area (Å²) >= 11 is 0. The van der Waals surface area contributed by atoms with E-state index in [4.69, 9.17) is 0 Å². The summed E-state index contributed by atoms with van der Waals surface area (Å²) < 4.78 is 0. The monoisotopic (exact) mass is 246 g/mol. The molecule has 0 aliphatic carbocycles. The largest absolute Gasteiger partial charge is 0.348 e. The van der Waals surface area contributed by atoms with Crippen molar-refractivity contribution in [1.29, 1.82) is 0 Å². The first kappa shape index (κ1) is 13.1. The zero-order valence-electron chi connectivity index (χ0n) is 11.0. The van der Waals surface area contributed by atoms with Crippen LogP contribution in [0.1, 0.15) is 44.2 Å². The van der Waals surface area contributed by atoms with Gasteiger partial charge in [0.15, 0.2) is 0 Å². The molecule has 0 bridgehead atoms. The summed E-state index contributed by atoms with van der Waals surface area (Å²) in [5.41, 5.74) is 1.18. The van der Waals surface area contributed by atoms with Crippen LogP contribution in [-0.4, -0.2) is 18.5 Å². The molecule has 1 aromatic rings. The number of nitrogens with one attached hydrogen (secondary N) is 2. The average Bonchev–Trinajstić information content (AvgIpc) is 2.46. The first-order valence-corrected chi connectivity index (χ1v) is 6.90. The van der Waals surface area contributed by atoms with E-state index < -0.39 is 0 Å². The third-order valence-electron chi connectivity index (χ3n) is 3.55. The lowest BCUT2D eigenvalue weighted by molar-refractivity contribution is -0.124. The fraction of sp³-hybridized carbons (Fsp3) is 0.533. The highest BCUT2D eigenvalue weighted by Crippen LogP contribution is 2.17. The van der Waals surface area contributed by atoms with Gasteiger partial charge in [-0.05, 0) is 31.4 Å². The maximum atomic E-state index is 12.2. The van der Waals surface area contributed by atoms with Crippen LogP contribution < -0.4 is 10.6 Å². The smallest absolute Gasteiger partial charge is 0.237 e. The minimum absolute atomic E-state index is 0.00323. The average molecular weight is 246 g/mol. The Balaban J connectivity index is 1.95. The van der Waals surface area contributed by atoms with Gasteiger partial charge in [-0.15, -0.1) is 0 Å². The molecule has 98 valence electrons. The van der Waals surface area contributed by atoms with Gasteiger partial charge in [0.05, 0.1) is 12.1 Å². The Labute approximate surface area is 109 Å². The summed E-state index contributed by atoms with van der Waals surface area (Å²) in [7, 11) is 0. The van der Waals surface area contributed by atoms with Crippen LogP contribution in [0.15, 0.2) is 30.3 Å². The lowest BCUT2D eigenvalue weighted by Crippen LogP contribution is -2.47. The molecule has 0 spiro atoms. The molecule has 1 saturated heterocycles. The van der Waals surface area contributed by atoms with E-state index in [-0.39, 0.29) is 18.0 Å². The maximum absolute atomic E-state index is 12.2. The van der Waals surface area contributed by atoms with Crippen molar-refractivity contribution in [3.63, 3.8) is 0 Å². The number of amides is 1. The van der Waals surface area contributed by atoms with Crippen LogP contribution in [0.2, 0.25) is 0 Å². The van der Waals surface area contributed by atoms with Crippen molar-refractivity contribution in [1.82, 2.24) is 10.6 Å². The number of carbonyl (C=O) groups excluding carboxylic acids is 1. The molecule has 1 amide bonds. The predicted molar refractivity (Wildman–Crippen MR) is 73.3 cm³/mol. The molecule has 1 aliphatic heterocycles. The van der Waals surface area contributed by atoms with Gasteiger partial charge >= 0.3 is 0 Å². The third kappa shape index (κ3) is 3.33. The fourth-order valence-electron chi connectivity index (χ4n) is 2.45. The van der Waals surface area contributed by atoms with E-state index in [0.717, 1.165) is 25.8 Å². The number of hydrogen-bond acceptors (Lipinski definition) is 2. The zero-order chi connectivity index (χ0) is 12.8. The van der Waals surface area contributed by atoms with E-state index in [1.165, 1.54) is 12.0 Å². The molecule has 0 radical (unpaired) electrons. The maximum Gasteiger partial charge on any atom is 0.237 e. The van der Waals surface area contributed by atoms with Gasteiger partial charge in [0.2, 0.25) is 5.91 Å². The van der Waals surface area contributed by atoms with Gasteiger partial charge in [-0.25, -0.2) is 0 Å². The number of hydrogen-bond donors (Lipinski definition) is 2. The van der Waals surface area contributed by atoms with Crippen LogP contribution >= 0.6 is 0 Å². The molecule has 18 heavy (non-hydrogen) atoms. The van der Waals surface area contributed by atoms with E-state index in [9.17, 15) is 4.79 Å². The van der Waals surface area contributed by atoms with Crippen molar-refractivity contribution in [3.05, 3.63) is 35.9 Å². The van der Waals surface area contributed by atoms with Gasteiger partial charge in [0.1, 0.15) is 0 Å². The van der Waals surface area contributed by atoms with Crippen LogP contribution in [0.5, 0.6) is 0 Å². The van der Waals surface area contributed by atoms with E-state index in [1.54, 1.807) is 0 Å². The summed E-state index contributed by atoms with van der Waals surface area (Å²) in [5.74, 6) is 0.144. The number of benzene rings is 1. The van der Waals surface area contributed by atoms with Crippen molar-refractivity contribution < 1.29 is 4.79 Å². The van der Waals surface area contributed by atoms with Crippen LogP contribution in [0, 0.1) is 0 Å². The SMILES string of the molecule is CCC(NC(=O)C1CCCCN1)c1ccccc1. The summed E-state index contributed by atoms with van der Waals surface area (Å²) in [6.45, 7) is 3.06. The Morgan fingerprint density at radius 3 is 2.78 bits per heavy atom. The highest BCUT2D eigenvalue weighted by Gasteiger charge is 2.22. The fourth-order valence-corrected chi connectivity index (χ4v) is 2.45. The van der Waals surface area contributed by atoms with Crippen LogP contribution in [0.25, 0.3) is 0 Å². The molecule has 2 unspecified atom stereocenters. The molecule has 2 N–H and O–H groups in total. The lowest BCUT2D eigenvalue weighted by atomic mass is 10.0. The molecular formula is C15H22N2O. The van der Waals surface area contributed by atoms with E-state index >= 15 is 0 Å². The second-order valence-electron chi connectivity index (χ2n) is 4.88. The van der Waals surface area contributed by atoms with Crippen LogP contribution in [0.4, 0.5) is 0 Å². The third-order valence-corrected chi connectivity index (χ3v) is 3.55. The van der Waals surface area contributed by atoms with Gasteiger partial charge in [-0.1, -0.05) is 43.7 Å². The standard InChI is InChI=1S/C15H22N2O/c1-2-13(12-8-4-3-5-9-12)17-15(18)14-10-6-7-11-16-14/h3-5,8-9,13-14,16H,2,6-7,10-11H2,1H3,(H,17,18). The Kier molecular flexibility index (Phi) is 4.76. The molecule has 1 fully saturated rings. The second-order valence-corrected chi connectivity index (χ2v) is 4.88. The number of rotatable bonds is 4. The first-order valence-electron chi connectivity index (χ1n) is 6.90. The zero-order valence-corrected chi connectivity index (χ0v) is 11.0. The Morgan fingerprint density at radius 2 is 2.17 bits per heavy atom. The van der Waals surface area contributed by atoms with E-state index in [2.05, 4.69) is 29.7 Å². The minimum Gasteiger partial charge on any atom is -0.348 e. The summed E-state index contributed by atoms with van der Waals surface area (Å²) in [6, 6.07) is 10.3. The van der Waals surface area contributed by atoms with Gasteiger partial charge in [0, 0.05) is 0 Å². The summed E-state index contributed by atoms with van der Waals surface area (Å²) in [4.78, 5) is 12.2. The molecule has 3 heteroatoms. The van der Waals surface area contributed by atoms with Crippen molar-refractivity contribution in [2.75, 3.05) is 6.54 Å². The molecular weight excluding hydrogens is 224 g/mol. The van der Waals surface area contributed by atoms with Gasteiger partial charge in [-0.3, -0.25) is 4.79 Å². The first-order chi connectivity index (χ1) is 8.81. The highest BCUT2D eigenvalue weighted by atomic mass is 16.2. The molecule has 0 saturated carbocycles. The van der Waals surface area contributed by atoms with Crippen molar-refractivity contribution in [3.8, 4) is 0 Å². The Bertz CT molecular complexity index is 371. The predicted octanol–water partition coefficient (Wildman–Crippen LogP) is 2.40. The molecule has 1 heterocycles. The highest BCUT2D eigenvalue weighted by molar-refractivity contribution is 5.82. The normalized spacial score (nSPS) is 21.3. The molecule has 1 aliphatic rings. The van der Waals surface area contributed by atoms with Gasteiger partial charge in [-0.2, -0.15) is 0 Å². The minimum atomic E-state index is -0.00323. The van der Waals surface area contributed by atoms with Gasteiger partial charge < -0.3 is 10.6 Å². The molecule has 3 nitrogen and oxygen atoms in total. The molecule has 0 aromatic heterocycles. The van der Waals surface area contributed by atoms with Crippen LogP contribution in [-0.2, 0) is 4.79 Å². The van der Waals surface area contributed by atoms with Crippen molar-refractivity contribution in [2.24, 2.45) is 0 Å². The number of piperidine rings is 1. The van der Waals surface area contributed by atoms with Crippen LogP contribution in [0.3, 0.4) is 0 Å². The molecule has 1 aromatic carbocycles. The van der Waals surface area contributed by atoms with E-state index in [1.807, 2.05) is 18.2 Å². The summed E-state index contributed by atoms with van der Waals surface area (Å²) in [5, 5.41) is 6.44. The van der Waals surface area contributed by atoms with E-state index in [0.29, 0.717) is 0 Å². The number of carbonyl (C=O) groups is 1.